The highest BCUT2D eigenvalue weighted by Gasteiger charge is 2.32. The monoisotopic (exact) mass is 367 g/mol. The van der Waals surface area contributed by atoms with E-state index in [4.69, 9.17) is 4.52 Å². The molecule has 1 atom stereocenters. The molecular weight excluding hydrogens is 346 g/mol. The highest BCUT2D eigenvalue weighted by molar-refractivity contribution is 5.92. The summed E-state index contributed by atoms with van der Waals surface area (Å²) in [6, 6.07) is 11.3. The fourth-order valence-electron chi connectivity index (χ4n) is 3.36. The quantitative estimate of drug-likeness (QED) is 0.692. The molecule has 2 N–H and O–H groups in total. The van der Waals surface area contributed by atoms with Crippen molar-refractivity contribution in [3.8, 4) is 11.3 Å². The number of aliphatic hydroxyl groups is 1. The van der Waals surface area contributed by atoms with E-state index in [1.165, 1.54) is 0 Å². The van der Waals surface area contributed by atoms with Gasteiger partial charge in [-0.15, -0.1) is 5.10 Å². The van der Waals surface area contributed by atoms with Crippen LogP contribution in [-0.2, 0) is 6.54 Å². The largest absolute Gasteiger partial charge is 0.387 e. The van der Waals surface area contributed by atoms with E-state index in [9.17, 15) is 9.90 Å². The summed E-state index contributed by atoms with van der Waals surface area (Å²) in [7, 11) is 0. The number of benzene rings is 1. The standard InChI is InChI=1S/C19H21N5O3/c1-12(25)17-10-20-23-24(17)11-13-7-15(8-13)21-19(26)18-9-16(22-27-18)14-5-3-2-4-6-14/h2-6,9-10,12-13,15,25H,7-8,11H2,1H3,(H,21,26)/t12-,13-,15+/m1/s1. The van der Waals surface area contributed by atoms with Gasteiger partial charge in [0, 0.05) is 24.2 Å². The van der Waals surface area contributed by atoms with Crippen molar-refractivity contribution in [2.75, 3.05) is 0 Å². The number of amides is 1. The molecule has 4 rings (SSSR count). The Bertz CT molecular complexity index is 912. The summed E-state index contributed by atoms with van der Waals surface area (Å²) in [6.45, 7) is 2.38. The molecule has 8 nitrogen and oxygen atoms in total. The zero-order valence-electron chi connectivity index (χ0n) is 14.9. The van der Waals surface area contributed by atoms with Crippen LogP contribution in [0.2, 0.25) is 0 Å². The molecule has 140 valence electrons. The molecule has 0 saturated heterocycles. The molecule has 0 unspecified atom stereocenters. The molecule has 2 aromatic heterocycles. The lowest BCUT2D eigenvalue weighted by Gasteiger charge is -2.35. The van der Waals surface area contributed by atoms with Gasteiger partial charge in [-0.2, -0.15) is 0 Å². The third kappa shape index (κ3) is 3.75. The average Bonchev–Trinajstić information content (AvgIpc) is 3.30. The second-order valence-electron chi connectivity index (χ2n) is 6.97. The second-order valence-corrected chi connectivity index (χ2v) is 6.97. The SMILES string of the molecule is C[C@@H](O)c1cnnn1C[C@H]1C[C@@H](NC(=O)c2cc(-c3ccccc3)no2)C1. The minimum Gasteiger partial charge on any atom is -0.387 e. The lowest BCUT2D eigenvalue weighted by molar-refractivity contribution is 0.0839. The van der Waals surface area contributed by atoms with Gasteiger partial charge in [0.25, 0.3) is 5.91 Å². The highest BCUT2D eigenvalue weighted by Crippen LogP contribution is 2.30. The predicted octanol–water partition coefficient (Wildman–Crippen LogP) is 2.20. The van der Waals surface area contributed by atoms with Crippen molar-refractivity contribution < 1.29 is 14.4 Å². The van der Waals surface area contributed by atoms with Crippen molar-refractivity contribution in [3.63, 3.8) is 0 Å². The number of aromatic nitrogens is 4. The van der Waals surface area contributed by atoms with Crippen molar-refractivity contribution in [1.29, 1.82) is 0 Å². The van der Waals surface area contributed by atoms with E-state index in [0.717, 1.165) is 18.4 Å². The number of hydrogen-bond donors (Lipinski definition) is 2. The molecule has 1 aromatic carbocycles. The van der Waals surface area contributed by atoms with Crippen LogP contribution in [0.5, 0.6) is 0 Å². The first-order valence-electron chi connectivity index (χ1n) is 8.99. The molecule has 0 aliphatic heterocycles. The number of hydrogen-bond acceptors (Lipinski definition) is 6. The summed E-state index contributed by atoms with van der Waals surface area (Å²) in [4.78, 5) is 12.4. The summed E-state index contributed by atoms with van der Waals surface area (Å²) in [5.74, 6) is 0.354. The molecule has 8 heteroatoms. The summed E-state index contributed by atoms with van der Waals surface area (Å²) >= 11 is 0. The number of nitrogens with one attached hydrogen (secondary N) is 1. The first kappa shape index (κ1) is 17.4. The van der Waals surface area contributed by atoms with Gasteiger partial charge >= 0.3 is 0 Å². The van der Waals surface area contributed by atoms with Crippen LogP contribution in [0.15, 0.2) is 47.1 Å². The van der Waals surface area contributed by atoms with Crippen molar-refractivity contribution in [2.45, 2.75) is 38.5 Å². The topological polar surface area (TPSA) is 106 Å². The van der Waals surface area contributed by atoms with E-state index in [1.54, 1.807) is 23.9 Å². The number of nitrogens with zero attached hydrogens (tertiary/aromatic N) is 4. The zero-order chi connectivity index (χ0) is 18.8. The van der Waals surface area contributed by atoms with Gasteiger partial charge in [-0.1, -0.05) is 40.7 Å². The molecule has 1 aliphatic carbocycles. The summed E-state index contributed by atoms with van der Waals surface area (Å²) in [5, 5.41) is 24.5. The number of carbonyl (C=O) groups is 1. The smallest absolute Gasteiger partial charge is 0.290 e. The number of aliphatic hydroxyl groups excluding tert-OH is 1. The van der Waals surface area contributed by atoms with E-state index in [0.29, 0.717) is 23.9 Å². The Hall–Kier alpha value is -3.00. The lowest BCUT2D eigenvalue weighted by Crippen LogP contribution is -2.45. The van der Waals surface area contributed by atoms with Crippen molar-refractivity contribution >= 4 is 5.91 Å². The van der Waals surface area contributed by atoms with E-state index < -0.39 is 6.10 Å². The molecular formula is C19H21N5O3. The van der Waals surface area contributed by atoms with Gasteiger partial charge in [0.05, 0.1) is 18.0 Å². The Labute approximate surface area is 156 Å². The van der Waals surface area contributed by atoms with Crippen molar-refractivity contribution in [1.82, 2.24) is 25.5 Å². The van der Waals surface area contributed by atoms with Gasteiger partial charge in [-0.05, 0) is 25.7 Å². The van der Waals surface area contributed by atoms with Crippen LogP contribution in [0.25, 0.3) is 11.3 Å². The fourth-order valence-corrected chi connectivity index (χ4v) is 3.36. The number of carbonyl (C=O) groups excluding carboxylic acids is 1. The molecule has 1 saturated carbocycles. The van der Waals surface area contributed by atoms with Gasteiger partial charge < -0.3 is 14.9 Å². The maximum absolute atomic E-state index is 12.4. The molecule has 0 spiro atoms. The van der Waals surface area contributed by atoms with E-state index in [-0.39, 0.29) is 17.7 Å². The average molecular weight is 367 g/mol. The van der Waals surface area contributed by atoms with Crippen LogP contribution in [0.4, 0.5) is 0 Å². The third-order valence-corrected chi connectivity index (χ3v) is 4.88. The van der Waals surface area contributed by atoms with Crippen LogP contribution in [-0.4, -0.2) is 37.2 Å². The van der Waals surface area contributed by atoms with Crippen LogP contribution in [0, 0.1) is 5.92 Å². The molecule has 2 heterocycles. The highest BCUT2D eigenvalue weighted by atomic mass is 16.5. The molecule has 1 amide bonds. The van der Waals surface area contributed by atoms with Crippen LogP contribution in [0.3, 0.4) is 0 Å². The van der Waals surface area contributed by atoms with Gasteiger partial charge in [-0.3, -0.25) is 4.79 Å². The Balaban J connectivity index is 1.29. The van der Waals surface area contributed by atoms with E-state index >= 15 is 0 Å². The third-order valence-electron chi connectivity index (χ3n) is 4.88. The maximum Gasteiger partial charge on any atom is 0.290 e. The van der Waals surface area contributed by atoms with E-state index in [2.05, 4.69) is 20.8 Å². The van der Waals surface area contributed by atoms with Crippen molar-refractivity contribution in [2.24, 2.45) is 5.92 Å². The van der Waals surface area contributed by atoms with Gasteiger partial charge in [0.1, 0.15) is 5.69 Å². The minimum absolute atomic E-state index is 0.103. The van der Waals surface area contributed by atoms with Gasteiger partial charge in [-0.25, -0.2) is 4.68 Å². The summed E-state index contributed by atoms with van der Waals surface area (Å²) in [5.41, 5.74) is 2.26. The molecule has 1 fully saturated rings. The van der Waals surface area contributed by atoms with Crippen LogP contribution < -0.4 is 5.32 Å². The molecule has 27 heavy (non-hydrogen) atoms. The van der Waals surface area contributed by atoms with Crippen molar-refractivity contribution in [3.05, 3.63) is 54.0 Å². The Morgan fingerprint density at radius 2 is 2.15 bits per heavy atom. The Morgan fingerprint density at radius 3 is 2.89 bits per heavy atom. The second kappa shape index (κ2) is 7.32. The van der Waals surface area contributed by atoms with Crippen LogP contribution in [0.1, 0.15) is 42.1 Å². The maximum atomic E-state index is 12.4. The molecule has 0 radical (unpaired) electrons. The van der Waals surface area contributed by atoms with Crippen LogP contribution >= 0.6 is 0 Å². The minimum atomic E-state index is -0.596. The molecule has 1 aliphatic rings. The Kier molecular flexibility index (Phi) is 4.72. The predicted molar refractivity (Wildman–Crippen MR) is 96.6 cm³/mol. The molecule has 3 aromatic rings. The summed E-state index contributed by atoms with van der Waals surface area (Å²) < 4.78 is 6.92. The van der Waals surface area contributed by atoms with Gasteiger partial charge in [0.2, 0.25) is 5.76 Å². The summed E-state index contributed by atoms with van der Waals surface area (Å²) in [6.07, 6.45) is 2.69. The first-order chi connectivity index (χ1) is 13.1. The Morgan fingerprint density at radius 1 is 1.37 bits per heavy atom. The van der Waals surface area contributed by atoms with E-state index in [1.807, 2.05) is 30.3 Å². The number of rotatable bonds is 6. The zero-order valence-corrected chi connectivity index (χ0v) is 14.9. The normalized spacial score (nSPS) is 20.1. The lowest BCUT2D eigenvalue weighted by atomic mass is 9.80. The molecule has 0 bridgehead atoms. The van der Waals surface area contributed by atoms with Gasteiger partial charge in [0.15, 0.2) is 0 Å². The fraction of sp³-hybridized carbons (Fsp3) is 0.368. The first-order valence-corrected chi connectivity index (χ1v) is 8.99.